The van der Waals surface area contributed by atoms with Crippen molar-refractivity contribution in [1.82, 2.24) is 5.43 Å². The van der Waals surface area contributed by atoms with Gasteiger partial charge in [0.25, 0.3) is 0 Å². The maximum atomic E-state index is 6.07. The van der Waals surface area contributed by atoms with Crippen LogP contribution in [0, 0.1) is 0 Å². The number of nitrogens with zero attached hydrogens (tertiary/aromatic N) is 1. The lowest BCUT2D eigenvalue weighted by molar-refractivity contribution is 0.302. The molecule has 25 heavy (non-hydrogen) atoms. The van der Waals surface area contributed by atoms with Gasteiger partial charge in [0, 0.05) is 11.1 Å². The molecule has 4 rings (SSSR count). The Bertz CT molecular complexity index is 865. The van der Waals surface area contributed by atoms with E-state index in [2.05, 4.69) is 40.9 Å². The highest BCUT2D eigenvalue weighted by molar-refractivity contribution is 8.14. The van der Waals surface area contributed by atoms with Crippen molar-refractivity contribution < 1.29 is 4.74 Å². The van der Waals surface area contributed by atoms with E-state index in [4.69, 9.17) is 4.74 Å². The monoisotopic (exact) mass is 346 g/mol. The summed E-state index contributed by atoms with van der Waals surface area (Å²) in [5.74, 6) is 0.890. The minimum atomic E-state index is 0.0576. The molecule has 0 unspecified atom stereocenters. The maximum absolute atomic E-state index is 6.07. The van der Waals surface area contributed by atoms with E-state index in [0.717, 1.165) is 27.5 Å². The quantitative estimate of drug-likeness (QED) is 0.709. The van der Waals surface area contributed by atoms with Crippen molar-refractivity contribution in [2.24, 2.45) is 5.10 Å². The molecular formula is C21H18N2OS. The average Bonchev–Trinajstić information content (AvgIpc) is 3.18. The van der Waals surface area contributed by atoms with E-state index in [9.17, 15) is 0 Å². The molecular weight excluding hydrogens is 328 g/mol. The Morgan fingerprint density at radius 3 is 2.32 bits per heavy atom. The van der Waals surface area contributed by atoms with Crippen LogP contribution in [0.2, 0.25) is 0 Å². The predicted octanol–water partition coefficient (Wildman–Crippen LogP) is 4.96. The SMILES string of the molecule is c1ccc(COc2ccccc2[C@@H]2NN=C(c3ccccc3)S2)cc1. The summed E-state index contributed by atoms with van der Waals surface area (Å²) in [6.45, 7) is 0.557. The average molecular weight is 346 g/mol. The summed E-state index contributed by atoms with van der Waals surface area (Å²) in [5, 5.41) is 5.56. The molecule has 1 N–H and O–H groups in total. The second-order valence-corrected chi connectivity index (χ2v) is 6.82. The highest BCUT2D eigenvalue weighted by Crippen LogP contribution is 2.38. The zero-order valence-electron chi connectivity index (χ0n) is 13.6. The van der Waals surface area contributed by atoms with Gasteiger partial charge >= 0.3 is 0 Å². The Labute approximate surface area is 151 Å². The van der Waals surface area contributed by atoms with Crippen molar-refractivity contribution in [3.63, 3.8) is 0 Å². The molecule has 0 radical (unpaired) electrons. The van der Waals surface area contributed by atoms with Crippen molar-refractivity contribution in [2.75, 3.05) is 0 Å². The molecule has 4 heteroatoms. The van der Waals surface area contributed by atoms with E-state index >= 15 is 0 Å². The highest BCUT2D eigenvalue weighted by atomic mass is 32.2. The summed E-state index contributed by atoms with van der Waals surface area (Å²) in [4.78, 5) is 0. The molecule has 124 valence electrons. The van der Waals surface area contributed by atoms with Crippen LogP contribution < -0.4 is 10.2 Å². The number of benzene rings is 3. The van der Waals surface area contributed by atoms with Gasteiger partial charge in [-0.3, -0.25) is 5.43 Å². The van der Waals surface area contributed by atoms with Gasteiger partial charge in [0.2, 0.25) is 0 Å². The van der Waals surface area contributed by atoms with Gasteiger partial charge in [0.15, 0.2) is 0 Å². The molecule has 0 saturated carbocycles. The fraction of sp³-hybridized carbons (Fsp3) is 0.0952. The first-order valence-corrected chi connectivity index (χ1v) is 9.09. The molecule has 3 nitrogen and oxygen atoms in total. The second-order valence-electron chi connectivity index (χ2n) is 5.72. The van der Waals surface area contributed by atoms with Gasteiger partial charge in [-0.2, -0.15) is 5.10 Å². The molecule has 0 bridgehead atoms. The van der Waals surface area contributed by atoms with Crippen LogP contribution in [-0.4, -0.2) is 5.04 Å². The first kappa shape index (κ1) is 15.8. The predicted molar refractivity (Wildman–Crippen MR) is 104 cm³/mol. The molecule has 3 aromatic rings. The van der Waals surface area contributed by atoms with Gasteiger partial charge in [-0.15, -0.1) is 0 Å². The number of thioether (sulfide) groups is 1. The maximum Gasteiger partial charge on any atom is 0.126 e. The van der Waals surface area contributed by atoms with Gasteiger partial charge in [0.1, 0.15) is 22.8 Å². The number of hydrogen-bond donors (Lipinski definition) is 1. The fourth-order valence-corrected chi connectivity index (χ4v) is 3.72. The van der Waals surface area contributed by atoms with E-state index in [0.29, 0.717) is 6.61 Å². The smallest absolute Gasteiger partial charge is 0.126 e. The first-order valence-electron chi connectivity index (χ1n) is 8.21. The normalized spacial score (nSPS) is 16.2. The Morgan fingerprint density at radius 1 is 0.840 bits per heavy atom. The van der Waals surface area contributed by atoms with E-state index in [1.807, 2.05) is 54.6 Å². The molecule has 1 atom stereocenters. The van der Waals surface area contributed by atoms with Gasteiger partial charge in [-0.25, -0.2) is 0 Å². The topological polar surface area (TPSA) is 33.6 Å². The summed E-state index contributed by atoms with van der Waals surface area (Å²) < 4.78 is 6.07. The third-order valence-electron chi connectivity index (χ3n) is 3.97. The highest BCUT2D eigenvalue weighted by Gasteiger charge is 2.24. The molecule has 3 aromatic carbocycles. The van der Waals surface area contributed by atoms with Crippen molar-refractivity contribution in [1.29, 1.82) is 0 Å². The number of ether oxygens (including phenoxy) is 1. The van der Waals surface area contributed by atoms with E-state index in [-0.39, 0.29) is 5.37 Å². The third kappa shape index (κ3) is 3.69. The van der Waals surface area contributed by atoms with Crippen LogP contribution in [0.4, 0.5) is 0 Å². The summed E-state index contributed by atoms with van der Waals surface area (Å²) in [5.41, 5.74) is 6.63. The summed E-state index contributed by atoms with van der Waals surface area (Å²) >= 11 is 1.71. The largest absolute Gasteiger partial charge is 0.489 e. The minimum absolute atomic E-state index is 0.0576. The van der Waals surface area contributed by atoms with Crippen LogP contribution in [0.3, 0.4) is 0 Å². The van der Waals surface area contributed by atoms with E-state index in [1.165, 1.54) is 0 Å². The minimum Gasteiger partial charge on any atom is -0.489 e. The number of hydrazone groups is 1. The van der Waals surface area contributed by atoms with Crippen LogP contribution in [0.15, 0.2) is 90.0 Å². The summed E-state index contributed by atoms with van der Waals surface area (Å²) in [6, 6.07) is 28.6. The zero-order valence-corrected chi connectivity index (χ0v) is 14.4. The molecule has 1 aliphatic rings. The summed E-state index contributed by atoms with van der Waals surface area (Å²) in [7, 11) is 0. The molecule has 1 aliphatic heterocycles. The molecule has 0 amide bonds. The van der Waals surface area contributed by atoms with Gasteiger partial charge < -0.3 is 4.74 Å². The van der Waals surface area contributed by atoms with Crippen molar-refractivity contribution in [3.05, 3.63) is 102 Å². The number of para-hydroxylation sites is 1. The Morgan fingerprint density at radius 2 is 1.52 bits per heavy atom. The zero-order chi connectivity index (χ0) is 16.9. The molecule has 0 saturated heterocycles. The lowest BCUT2D eigenvalue weighted by Crippen LogP contribution is -2.09. The second kappa shape index (κ2) is 7.45. The lowest BCUT2D eigenvalue weighted by Gasteiger charge is -2.15. The number of rotatable bonds is 5. The fourth-order valence-electron chi connectivity index (χ4n) is 2.69. The Balaban J connectivity index is 1.48. The van der Waals surface area contributed by atoms with E-state index < -0.39 is 0 Å². The Hall–Kier alpha value is -2.72. The molecule has 0 aromatic heterocycles. The molecule has 1 heterocycles. The Kier molecular flexibility index (Phi) is 4.70. The van der Waals surface area contributed by atoms with Crippen LogP contribution in [0.5, 0.6) is 5.75 Å². The third-order valence-corrected chi connectivity index (χ3v) is 5.12. The molecule has 0 fully saturated rings. The number of nitrogens with one attached hydrogen (secondary N) is 1. The van der Waals surface area contributed by atoms with Crippen LogP contribution in [0.25, 0.3) is 0 Å². The summed E-state index contributed by atoms with van der Waals surface area (Å²) in [6.07, 6.45) is 0. The van der Waals surface area contributed by atoms with Gasteiger partial charge in [0.05, 0.1) is 0 Å². The van der Waals surface area contributed by atoms with Crippen molar-refractivity contribution >= 4 is 16.8 Å². The van der Waals surface area contributed by atoms with Gasteiger partial charge in [-0.1, -0.05) is 90.6 Å². The van der Waals surface area contributed by atoms with Crippen LogP contribution in [-0.2, 0) is 6.61 Å². The molecule has 0 aliphatic carbocycles. The lowest BCUT2D eigenvalue weighted by atomic mass is 10.2. The van der Waals surface area contributed by atoms with Crippen LogP contribution >= 0.6 is 11.8 Å². The van der Waals surface area contributed by atoms with Crippen LogP contribution in [0.1, 0.15) is 22.1 Å². The van der Waals surface area contributed by atoms with E-state index in [1.54, 1.807) is 11.8 Å². The first-order chi connectivity index (χ1) is 12.4. The van der Waals surface area contributed by atoms with Crippen molar-refractivity contribution in [2.45, 2.75) is 12.0 Å². The standard InChI is InChI=1S/C21H18N2OS/c1-3-9-16(10-4-1)15-24-19-14-8-7-13-18(19)21-23-22-20(25-21)17-11-5-2-6-12-17/h1-14,21,23H,15H2/t21-/m1/s1. The van der Waals surface area contributed by atoms with Gasteiger partial charge in [-0.05, 0) is 11.6 Å². The molecule has 0 spiro atoms. The van der Waals surface area contributed by atoms with Crippen molar-refractivity contribution in [3.8, 4) is 5.75 Å². The number of hydrogen-bond acceptors (Lipinski definition) is 4.